The fourth-order valence-electron chi connectivity index (χ4n) is 2.24. The molecule has 0 saturated heterocycles. The second kappa shape index (κ2) is 6.96. The van der Waals surface area contributed by atoms with E-state index in [4.69, 9.17) is 11.6 Å². The fraction of sp³-hybridized carbons (Fsp3) is 0.250. The minimum atomic E-state index is -0.598. The molecule has 0 fully saturated rings. The third-order valence-corrected chi connectivity index (χ3v) is 3.65. The van der Waals surface area contributed by atoms with Crippen molar-refractivity contribution in [2.24, 2.45) is 0 Å². The highest BCUT2D eigenvalue weighted by Gasteiger charge is 2.12. The van der Waals surface area contributed by atoms with E-state index in [1.807, 2.05) is 0 Å². The van der Waals surface area contributed by atoms with Gasteiger partial charge in [-0.15, -0.1) is 0 Å². The third kappa shape index (κ3) is 4.48. The number of hydrogen-bond donors (Lipinski definition) is 1. The molecule has 0 heterocycles. The number of rotatable bonds is 5. The summed E-state index contributed by atoms with van der Waals surface area (Å²) in [5.41, 5.74) is 1.35. The first-order chi connectivity index (χ1) is 9.97. The third-order valence-electron chi connectivity index (χ3n) is 3.29. The first kappa shape index (κ1) is 15.9. The topological polar surface area (TPSA) is 12.0 Å². The van der Waals surface area contributed by atoms with Crippen LogP contribution in [0.2, 0.25) is 5.02 Å². The van der Waals surface area contributed by atoms with Gasteiger partial charge in [-0.3, -0.25) is 0 Å². The molecule has 1 nitrogen and oxygen atoms in total. The number of benzene rings is 2. The predicted octanol–water partition coefficient (Wildman–Crippen LogP) is 4.13. The van der Waals surface area contributed by atoms with Crippen molar-refractivity contribution in [2.45, 2.75) is 18.9 Å². The maximum atomic E-state index is 13.2. The Morgan fingerprint density at radius 3 is 2.19 bits per heavy atom. The zero-order valence-electron chi connectivity index (χ0n) is 11.5. The SMILES string of the molecule is CNC(Cc1cc(F)cc(F)c1)Cc1ccc(F)cc1Cl. The normalized spacial score (nSPS) is 12.4. The maximum absolute atomic E-state index is 13.2. The van der Waals surface area contributed by atoms with Crippen molar-refractivity contribution >= 4 is 11.6 Å². The van der Waals surface area contributed by atoms with Crippen LogP contribution in [0.15, 0.2) is 36.4 Å². The maximum Gasteiger partial charge on any atom is 0.126 e. The molecule has 2 rings (SSSR count). The minimum absolute atomic E-state index is 0.0610. The van der Waals surface area contributed by atoms with E-state index < -0.39 is 17.5 Å². The quantitative estimate of drug-likeness (QED) is 0.875. The summed E-state index contributed by atoms with van der Waals surface area (Å²) in [5, 5.41) is 3.43. The van der Waals surface area contributed by atoms with Crippen LogP contribution >= 0.6 is 11.6 Å². The summed E-state index contributed by atoms with van der Waals surface area (Å²) >= 11 is 6.00. The summed E-state index contributed by atoms with van der Waals surface area (Å²) < 4.78 is 39.4. The van der Waals surface area contributed by atoms with Crippen LogP contribution in [0.3, 0.4) is 0 Å². The Bertz CT molecular complexity index is 611. The van der Waals surface area contributed by atoms with Gasteiger partial charge < -0.3 is 5.32 Å². The predicted molar refractivity (Wildman–Crippen MR) is 78.0 cm³/mol. The van der Waals surface area contributed by atoms with Gasteiger partial charge in [-0.1, -0.05) is 17.7 Å². The highest BCUT2D eigenvalue weighted by molar-refractivity contribution is 6.31. The Kier molecular flexibility index (Phi) is 5.26. The smallest absolute Gasteiger partial charge is 0.126 e. The Morgan fingerprint density at radius 2 is 1.62 bits per heavy atom. The summed E-state index contributed by atoms with van der Waals surface area (Å²) in [7, 11) is 1.76. The summed E-state index contributed by atoms with van der Waals surface area (Å²) in [6.07, 6.45) is 0.979. The largest absolute Gasteiger partial charge is 0.316 e. The highest BCUT2D eigenvalue weighted by atomic mass is 35.5. The molecule has 21 heavy (non-hydrogen) atoms. The highest BCUT2D eigenvalue weighted by Crippen LogP contribution is 2.20. The van der Waals surface area contributed by atoms with E-state index >= 15 is 0 Å². The first-order valence-corrected chi connectivity index (χ1v) is 6.92. The molecule has 1 unspecified atom stereocenters. The van der Waals surface area contributed by atoms with Gasteiger partial charge in [0.1, 0.15) is 17.5 Å². The second-order valence-corrected chi connectivity index (χ2v) is 5.31. The minimum Gasteiger partial charge on any atom is -0.316 e. The zero-order chi connectivity index (χ0) is 15.4. The average Bonchev–Trinajstić information content (AvgIpc) is 2.39. The lowest BCUT2D eigenvalue weighted by atomic mass is 9.99. The van der Waals surface area contributed by atoms with E-state index in [9.17, 15) is 13.2 Å². The van der Waals surface area contributed by atoms with Crippen molar-refractivity contribution in [3.8, 4) is 0 Å². The van der Waals surface area contributed by atoms with E-state index in [0.29, 0.717) is 23.4 Å². The van der Waals surface area contributed by atoms with Crippen LogP contribution in [0.1, 0.15) is 11.1 Å². The molecule has 1 N–H and O–H groups in total. The van der Waals surface area contributed by atoms with Crippen LogP contribution in [0.5, 0.6) is 0 Å². The van der Waals surface area contributed by atoms with Gasteiger partial charge in [0.15, 0.2) is 0 Å². The molecule has 1 atom stereocenters. The Morgan fingerprint density at radius 1 is 0.952 bits per heavy atom. The van der Waals surface area contributed by atoms with Crippen LogP contribution in [0.4, 0.5) is 13.2 Å². The molecular formula is C16H15ClF3N. The lowest BCUT2D eigenvalue weighted by molar-refractivity contribution is 0.542. The molecule has 0 aliphatic rings. The zero-order valence-corrected chi connectivity index (χ0v) is 12.2. The van der Waals surface area contributed by atoms with E-state index in [0.717, 1.165) is 11.6 Å². The summed E-state index contributed by atoms with van der Waals surface area (Å²) in [4.78, 5) is 0. The van der Waals surface area contributed by atoms with Gasteiger partial charge in [0.25, 0.3) is 0 Å². The molecular weight excluding hydrogens is 299 g/mol. The molecule has 2 aromatic carbocycles. The van der Waals surface area contributed by atoms with Gasteiger partial charge in [-0.05, 0) is 55.3 Å². The molecule has 0 spiro atoms. The second-order valence-electron chi connectivity index (χ2n) is 4.91. The van der Waals surface area contributed by atoms with Gasteiger partial charge in [-0.2, -0.15) is 0 Å². The lowest BCUT2D eigenvalue weighted by Crippen LogP contribution is -2.30. The van der Waals surface area contributed by atoms with E-state index in [1.165, 1.54) is 24.3 Å². The summed E-state index contributed by atoms with van der Waals surface area (Å²) in [5.74, 6) is -1.59. The number of nitrogens with one attached hydrogen (secondary N) is 1. The van der Waals surface area contributed by atoms with Crippen molar-refractivity contribution < 1.29 is 13.2 Å². The van der Waals surface area contributed by atoms with Gasteiger partial charge in [0, 0.05) is 17.1 Å². The average molecular weight is 314 g/mol. The molecule has 2 aromatic rings. The van der Waals surface area contributed by atoms with Crippen molar-refractivity contribution in [2.75, 3.05) is 7.05 Å². The number of halogens is 4. The monoisotopic (exact) mass is 313 g/mol. The molecule has 0 saturated carbocycles. The first-order valence-electron chi connectivity index (χ1n) is 6.54. The van der Waals surface area contributed by atoms with Crippen molar-refractivity contribution in [1.29, 1.82) is 0 Å². The van der Waals surface area contributed by atoms with E-state index in [2.05, 4.69) is 5.32 Å². The standard InChI is InChI=1S/C16H15ClF3N/c1-21-15(6-10-4-13(19)8-14(20)5-10)7-11-2-3-12(18)9-16(11)17/h2-5,8-9,15,21H,6-7H2,1H3. The van der Waals surface area contributed by atoms with Gasteiger partial charge >= 0.3 is 0 Å². The van der Waals surface area contributed by atoms with Crippen LogP contribution in [0, 0.1) is 17.5 Å². The molecule has 0 aliphatic heterocycles. The van der Waals surface area contributed by atoms with E-state index in [-0.39, 0.29) is 6.04 Å². The number of likely N-dealkylation sites (N-methyl/N-ethyl adjacent to an activating group) is 1. The Labute approximate surface area is 126 Å². The summed E-state index contributed by atoms with van der Waals surface area (Å²) in [6.45, 7) is 0. The van der Waals surface area contributed by atoms with Crippen LogP contribution in [-0.2, 0) is 12.8 Å². The van der Waals surface area contributed by atoms with Crippen LogP contribution in [0.25, 0.3) is 0 Å². The van der Waals surface area contributed by atoms with Crippen LogP contribution in [-0.4, -0.2) is 13.1 Å². The number of hydrogen-bond acceptors (Lipinski definition) is 1. The lowest BCUT2D eigenvalue weighted by Gasteiger charge is -2.17. The molecule has 0 aromatic heterocycles. The van der Waals surface area contributed by atoms with Crippen LogP contribution < -0.4 is 5.32 Å². The molecule has 0 bridgehead atoms. The summed E-state index contributed by atoms with van der Waals surface area (Å²) in [6, 6.07) is 7.61. The Hall–Kier alpha value is -1.52. The van der Waals surface area contributed by atoms with E-state index in [1.54, 1.807) is 13.1 Å². The Balaban J connectivity index is 2.12. The van der Waals surface area contributed by atoms with Gasteiger partial charge in [-0.25, -0.2) is 13.2 Å². The molecule has 112 valence electrons. The molecule has 0 amide bonds. The molecule has 0 aliphatic carbocycles. The van der Waals surface area contributed by atoms with Crippen molar-refractivity contribution in [1.82, 2.24) is 5.32 Å². The van der Waals surface area contributed by atoms with Gasteiger partial charge in [0.05, 0.1) is 0 Å². The molecule has 5 heteroatoms. The molecule has 0 radical (unpaired) electrons. The van der Waals surface area contributed by atoms with Crippen molar-refractivity contribution in [3.63, 3.8) is 0 Å². The fourth-order valence-corrected chi connectivity index (χ4v) is 2.49. The van der Waals surface area contributed by atoms with Crippen molar-refractivity contribution in [3.05, 3.63) is 70.0 Å². The van der Waals surface area contributed by atoms with Gasteiger partial charge in [0.2, 0.25) is 0 Å².